The third-order valence-corrected chi connectivity index (χ3v) is 4.03. The SMILES string of the molecule is CC(C(=O)O)c1cc2c(c(Br)c1O)CCC2. The maximum Gasteiger partial charge on any atom is 0.310 e. The molecule has 0 bridgehead atoms. The fourth-order valence-corrected chi connectivity index (χ4v) is 2.85. The topological polar surface area (TPSA) is 57.5 Å². The molecular weight excluding hydrogens is 272 g/mol. The molecule has 0 aliphatic heterocycles. The number of halogens is 1. The number of carbonyl (C=O) groups is 1. The van der Waals surface area contributed by atoms with Crippen molar-refractivity contribution in [2.75, 3.05) is 0 Å². The van der Waals surface area contributed by atoms with E-state index >= 15 is 0 Å². The van der Waals surface area contributed by atoms with Crippen molar-refractivity contribution in [2.24, 2.45) is 0 Å². The van der Waals surface area contributed by atoms with Crippen LogP contribution in [-0.4, -0.2) is 16.2 Å². The van der Waals surface area contributed by atoms with Gasteiger partial charge in [0.2, 0.25) is 0 Å². The van der Waals surface area contributed by atoms with Crippen LogP contribution in [0, 0.1) is 0 Å². The second kappa shape index (κ2) is 4.09. The maximum absolute atomic E-state index is 10.9. The van der Waals surface area contributed by atoms with Crippen LogP contribution in [0.5, 0.6) is 5.75 Å². The van der Waals surface area contributed by atoms with Crippen LogP contribution < -0.4 is 0 Å². The molecule has 1 atom stereocenters. The van der Waals surface area contributed by atoms with Gasteiger partial charge in [0.1, 0.15) is 5.75 Å². The Balaban J connectivity index is 2.56. The first-order chi connectivity index (χ1) is 7.52. The number of hydrogen-bond donors (Lipinski definition) is 2. The van der Waals surface area contributed by atoms with E-state index in [0.717, 1.165) is 30.4 Å². The van der Waals surface area contributed by atoms with E-state index in [9.17, 15) is 9.90 Å². The highest BCUT2D eigenvalue weighted by atomic mass is 79.9. The third kappa shape index (κ3) is 1.71. The summed E-state index contributed by atoms with van der Waals surface area (Å²) in [6, 6.07) is 1.83. The van der Waals surface area contributed by atoms with Gasteiger partial charge in [-0.25, -0.2) is 0 Å². The van der Waals surface area contributed by atoms with Crippen molar-refractivity contribution in [1.29, 1.82) is 0 Å². The number of benzene rings is 1. The van der Waals surface area contributed by atoms with Gasteiger partial charge in [0.15, 0.2) is 0 Å². The quantitative estimate of drug-likeness (QED) is 0.878. The molecule has 0 saturated heterocycles. The predicted octanol–water partition coefficient (Wildman–Crippen LogP) is 2.83. The van der Waals surface area contributed by atoms with Gasteiger partial charge in [0, 0.05) is 5.56 Å². The average molecular weight is 285 g/mol. The first-order valence-electron chi connectivity index (χ1n) is 5.28. The van der Waals surface area contributed by atoms with Crippen LogP contribution >= 0.6 is 15.9 Å². The highest BCUT2D eigenvalue weighted by molar-refractivity contribution is 9.10. The Morgan fingerprint density at radius 3 is 2.81 bits per heavy atom. The minimum atomic E-state index is -0.917. The Kier molecular flexibility index (Phi) is 2.93. The Morgan fingerprint density at radius 1 is 1.50 bits per heavy atom. The molecule has 1 aliphatic rings. The molecule has 1 aliphatic carbocycles. The zero-order valence-electron chi connectivity index (χ0n) is 8.96. The second-order valence-electron chi connectivity index (χ2n) is 4.18. The zero-order chi connectivity index (χ0) is 11.9. The average Bonchev–Trinajstić information content (AvgIpc) is 2.70. The molecule has 0 amide bonds. The van der Waals surface area contributed by atoms with Crippen LogP contribution in [0.25, 0.3) is 0 Å². The molecule has 1 unspecified atom stereocenters. The number of phenolic OH excluding ortho intramolecular Hbond substituents is 1. The molecule has 2 rings (SSSR count). The molecule has 1 aromatic rings. The molecule has 86 valence electrons. The Labute approximate surface area is 102 Å². The van der Waals surface area contributed by atoms with Gasteiger partial charge in [-0.1, -0.05) is 6.07 Å². The van der Waals surface area contributed by atoms with Gasteiger partial charge in [-0.05, 0) is 53.2 Å². The number of rotatable bonds is 2. The van der Waals surface area contributed by atoms with Crippen molar-refractivity contribution in [1.82, 2.24) is 0 Å². The summed E-state index contributed by atoms with van der Waals surface area (Å²) in [4.78, 5) is 10.9. The number of carboxylic acid groups (broad SMARTS) is 1. The molecule has 0 radical (unpaired) electrons. The molecule has 16 heavy (non-hydrogen) atoms. The van der Waals surface area contributed by atoms with Gasteiger partial charge in [0.25, 0.3) is 0 Å². The number of aryl methyl sites for hydroxylation is 1. The van der Waals surface area contributed by atoms with Crippen LogP contribution in [-0.2, 0) is 17.6 Å². The fourth-order valence-electron chi connectivity index (χ4n) is 2.17. The van der Waals surface area contributed by atoms with Gasteiger partial charge in [-0.2, -0.15) is 0 Å². The molecule has 1 aromatic carbocycles. The first-order valence-corrected chi connectivity index (χ1v) is 6.07. The smallest absolute Gasteiger partial charge is 0.310 e. The third-order valence-electron chi connectivity index (χ3n) is 3.17. The molecular formula is C12H13BrO3. The first kappa shape index (κ1) is 11.5. The van der Waals surface area contributed by atoms with E-state index in [-0.39, 0.29) is 5.75 Å². The van der Waals surface area contributed by atoms with Crippen molar-refractivity contribution in [3.05, 3.63) is 27.2 Å². The highest BCUT2D eigenvalue weighted by Crippen LogP contribution is 2.41. The van der Waals surface area contributed by atoms with Gasteiger partial charge < -0.3 is 10.2 Å². The van der Waals surface area contributed by atoms with E-state index in [0.29, 0.717) is 10.0 Å². The Bertz CT molecular complexity index is 454. The van der Waals surface area contributed by atoms with Crippen molar-refractivity contribution < 1.29 is 15.0 Å². The summed E-state index contributed by atoms with van der Waals surface area (Å²) in [5, 5.41) is 18.9. The minimum Gasteiger partial charge on any atom is -0.506 e. The van der Waals surface area contributed by atoms with E-state index in [1.54, 1.807) is 6.92 Å². The summed E-state index contributed by atoms with van der Waals surface area (Å²) >= 11 is 3.36. The van der Waals surface area contributed by atoms with E-state index < -0.39 is 11.9 Å². The monoisotopic (exact) mass is 284 g/mol. The lowest BCUT2D eigenvalue weighted by Gasteiger charge is -2.14. The van der Waals surface area contributed by atoms with Crippen LogP contribution in [0.3, 0.4) is 0 Å². The van der Waals surface area contributed by atoms with Gasteiger partial charge in [-0.15, -0.1) is 0 Å². The lowest BCUT2D eigenvalue weighted by Crippen LogP contribution is -2.08. The van der Waals surface area contributed by atoms with Crippen molar-refractivity contribution in [3.63, 3.8) is 0 Å². The summed E-state index contributed by atoms with van der Waals surface area (Å²) in [5.74, 6) is -1.52. The predicted molar refractivity (Wildman–Crippen MR) is 63.9 cm³/mol. The molecule has 0 spiro atoms. The number of aliphatic carboxylic acids is 1. The van der Waals surface area contributed by atoms with Crippen molar-refractivity contribution in [2.45, 2.75) is 32.1 Å². The minimum absolute atomic E-state index is 0.0792. The molecule has 0 saturated carbocycles. The lowest BCUT2D eigenvalue weighted by molar-refractivity contribution is -0.138. The molecule has 0 heterocycles. The molecule has 0 aromatic heterocycles. The van der Waals surface area contributed by atoms with Crippen LogP contribution in [0.1, 0.15) is 36.0 Å². The number of fused-ring (bicyclic) bond motifs is 1. The molecule has 2 N–H and O–H groups in total. The highest BCUT2D eigenvalue weighted by Gasteiger charge is 2.24. The summed E-state index contributed by atoms with van der Waals surface area (Å²) in [6.07, 6.45) is 2.98. The van der Waals surface area contributed by atoms with Crippen molar-refractivity contribution >= 4 is 21.9 Å². The standard InChI is InChI=1S/C12H13BrO3/c1-6(12(15)16)9-5-7-3-2-4-8(7)10(13)11(9)14/h5-6,14H,2-4H2,1H3,(H,15,16). The lowest BCUT2D eigenvalue weighted by atomic mass is 9.96. The Morgan fingerprint density at radius 2 is 2.19 bits per heavy atom. The van der Waals surface area contributed by atoms with E-state index in [1.165, 1.54) is 0 Å². The number of aromatic hydroxyl groups is 1. The maximum atomic E-state index is 10.9. The van der Waals surface area contributed by atoms with Crippen LogP contribution in [0.15, 0.2) is 10.5 Å². The fraction of sp³-hybridized carbons (Fsp3) is 0.417. The van der Waals surface area contributed by atoms with E-state index in [4.69, 9.17) is 5.11 Å². The summed E-state index contributed by atoms with van der Waals surface area (Å²) in [7, 11) is 0. The number of carboxylic acids is 1. The van der Waals surface area contributed by atoms with Crippen LogP contribution in [0.4, 0.5) is 0 Å². The second-order valence-corrected chi connectivity index (χ2v) is 4.97. The van der Waals surface area contributed by atoms with Gasteiger partial charge in [-0.3, -0.25) is 4.79 Å². The zero-order valence-corrected chi connectivity index (χ0v) is 10.5. The summed E-state index contributed by atoms with van der Waals surface area (Å²) in [6.45, 7) is 1.59. The Hall–Kier alpha value is -1.03. The summed E-state index contributed by atoms with van der Waals surface area (Å²) < 4.78 is 0.672. The number of phenols is 1. The van der Waals surface area contributed by atoms with E-state index in [1.807, 2.05) is 6.07 Å². The van der Waals surface area contributed by atoms with Crippen molar-refractivity contribution in [3.8, 4) is 5.75 Å². The number of hydrogen-bond acceptors (Lipinski definition) is 2. The van der Waals surface area contributed by atoms with Gasteiger partial charge in [0.05, 0.1) is 10.4 Å². The largest absolute Gasteiger partial charge is 0.506 e. The van der Waals surface area contributed by atoms with Gasteiger partial charge >= 0.3 is 5.97 Å². The molecule has 4 heteroatoms. The van der Waals surface area contributed by atoms with Crippen LogP contribution in [0.2, 0.25) is 0 Å². The van der Waals surface area contributed by atoms with E-state index in [2.05, 4.69) is 15.9 Å². The molecule has 0 fully saturated rings. The molecule has 3 nitrogen and oxygen atoms in total. The normalized spacial score (nSPS) is 15.9. The summed E-state index contributed by atoms with van der Waals surface area (Å²) in [5.41, 5.74) is 2.78.